The predicted octanol–water partition coefficient (Wildman–Crippen LogP) is 3.12. The van der Waals surface area contributed by atoms with Crippen LogP contribution in [0.1, 0.15) is 17.2 Å². The number of H-pyrrole nitrogens is 1. The first-order chi connectivity index (χ1) is 17.0. The van der Waals surface area contributed by atoms with Crippen molar-refractivity contribution < 1.29 is 19.0 Å². The van der Waals surface area contributed by atoms with Crippen LogP contribution >= 0.6 is 12.2 Å². The van der Waals surface area contributed by atoms with Crippen molar-refractivity contribution in [3.8, 4) is 22.9 Å². The molecular formula is C25H31N5O4S. The van der Waals surface area contributed by atoms with E-state index in [-0.39, 0.29) is 18.5 Å². The van der Waals surface area contributed by atoms with Gasteiger partial charge in [-0.15, -0.1) is 0 Å². The Morgan fingerprint density at radius 3 is 2.66 bits per heavy atom. The number of hydrogen-bond acceptors (Lipinski definition) is 7. The molecule has 0 aliphatic carbocycles. The van der Waals surface area contributed by atoms with Gasteiger partial charge in [-0.2, -0.15) is 5.10 Å². The van der Waals surface area contributed by atoms with Crippen molar-refractivity contribution in [2.24, 2.45) is 0 Å². The molecule has 1 saturated heterocycles. The van der Waals surface area contributed by atoms with Crippen molar-refractivity contribution in [2.75, 3.05) is 47.1 Å². The highest BCUT2D eigenvalue weighted by Crippen LogP contribution is 2.32. The van der Waals surface area contributed by atoms with E-state index in [2.05, 4.69) is 20.4 Å². The summed E-state index contributed by atoms with van der Waals surface area (Å²) in [6.45, 7) is 5.38. The van der Waals surface area contributed by atoms with E-state index in [1.54, 1.807) is 18.8 Å². The standard InChI is InChI=1S/C25H31N5O4S/c1-17-5-4-6-19(13-17)24-27-28-25(35)30(24)16-23(31)26-15-20(29-9-11-34-12-10-29)18-7-8-21(32-2)22(14-18)33-3/h4-8,13-14,20H,9-12,15-16H2,1-3H3,(H,26,31)(H,28,35). The van der Waals surface area contributed by atoms with Crippen LogP contribution in [0.4, 0.5) is 0 Å². The molecule has 1 aliphatic heterocycles. The zero-order chi connectivity index (χ0) is 24.8. The van der Waals surface area contributed by atoms with Crippen molar-refractivity contribution in [1.82, 2.24) is 25.0 Å². The summed E-state index contributed by atoms with van der Waals surface area (Å²) in [7, 11) is 3.23. The van der Waals surface area contributed by atoms with Crippen molar-refractivity contribution in [1.29, 1.82) is 0 Å². The number of methoxy groups -OCH3 is 2. The Morgan fingerprint density at radius 2 is 1.94 bits per heavy atom. The fourth-order valence-corrected chi connectivity index (χ4v) is 4.48. The van der Waals surface area contributed by atoms with Gasteiger partial charge in [-0.3, -0.25) is 19.4 Å². The van der Waals surface area contributed by atoms with E-state index >= 15 is 0 Å². The van der Waals surface area contributed by atoms with Crippen LogP contribution in [0.3, 0.4) is 0 Å². The Kier molecular flexibility index (Phi) is 8.17. The number of carbonyl (C=O) groups is 1. The first-order valence-corrected chi connectivity index (χ1v) is 11.9. The van der Waals surface area contributed by atoms with Crippen molar-refractivity contribution in [2.45, 2.75) is 19.5 Å². The van der Waals surface area contributed by atoms with Gasteiger partial charge in [-0.1, -0.05) is 29.8 Å². The SMILES string of the molecule is COc1ccc(C(CNC(=O)Cn2c(-c3cccc(C)c3)n[nH]c2=S)N2CCOCC2)cc1OC. The summed E-state index contributed by atoms with van der Waals surface area (Å²) in [6.07, 6.45) is 0. The molecule has 10 heteroatoms. The molecule has 0 bridgehead atoms. The quantitative estimate of drug-likeness (QED) is 0.439. The lowest BCUT2D eigenvalue weighted by atomic mass is 10.0. The van der Waals surface area contributed by atoms with Gasteiger partial charge >= 0.3 is 0 Å². The van der Waals surface area contributed by atoms with Crippen LogP contribution in [0.5, 0.6) is 11.5 Å². The van der Waals surface area contributed by atoms with Gasteiger partial charge in [0.2, 0.25) is 5.91 Å². The summed E-state index contributed by atoms with van der Waals surface area (Å²) in [5.74, 6) is 1.81. The van der Waals surface area contributed by atoms with Gasteiger partial charge in [0.1, 0.15) is 6.54 Å². The topological polar surface area (TPSA) is 93.6 Å². The number of nitrogens with zero attached hydrogens (tertiary/aromatic N) is 3. The summed E-state index contributed by atoms with van der Waals surface area (Å²) in [5.41, 5.74) is 3.04. The molecule has 4 rings (SSSR count). The second-order valence-electron chi connectivity index (χ2n) is 8.39. The van der Waals surface area contributed by atoms with E-state index in [1.807, 2.05) is 49.4 Å². The molecule has 3 aromatic rings. The van der Waals surface area contributed by atoms with Crippen LogP contribution in [-0.2, 0) is 16.1 Å². The minimum absolute atomic E-state index is 0.0452. The zero-order valence-electron chi connectivity index (χ0n) is 20.2. The molecule has 2 N–H and O–H groups in total. The van der Waals surface area contributed by atoms with Crippen LogP contribution in [0.2, 0.25) is 0 Å². The van der Waals surface area contributed by atoms with E-state index in [1.165, 1.54) is 0 Å². The molecule has 2 heterocycles. The lowest BCUT2D eigenvalue weighted by molar-refractivity contribution is -0.122. The zero-order valence-corrected chi connectivity index (χ0v) is 21.1. The number of carbonyl (C=O) groups excluding carboxylic acids is 1. The van der Waals surface area contributed by atoms with Crippen LogP contribution in [0.15, 0.2) is 42.5 Å². The van der Waals surface area contributed by atoms with Crippen LogP contribution in [0.25, 0.3) is 11.4 Å². The predicted molar refractivity (Wildman–Crippen MR) is 135 cm³/mol. The van der Waals surface area contributed by atoms with Crippen molar-refractivity contribution >= 4 is 18.1 Å². The molecule has 0 saturated carbocycles. The number of aromatic amines is 1. The number of amides is 1. The molecule has 1 aromatic heterocycles. The minimum Gasteiger partial charge on any atom is -0.493 e. The van der Waals surface area contributed by atoms with Gasteiger partial charge < -0.3 is 19.5 Å². The summed E-state index contributed by atoms with van der Waals surface area (Å²) in [4.78, 5) is 15.4. The van der Waals surface area contributed by atoms with Crippen molar-refractivity contribution in [3.05, 3.63) is 58.4 Å². The number of aryl methyl sites for hydroxylation is 1. The molecule has 0 spiro atoms. The Hall–Kier alpha value is -3.21. The van der Waals surface area contributed by atoms with E-state index in [9.17, 15) is 4.79 Å². The van der Waals surface area contributed by atoms with E-state index in [4.69, 9.17) is 26.4 Å². The number of morpholine rings is 1. The molecule has 1 aliphatic rings. The summed E-state index contributed by atoms with van der Waals surface area (Å²) >= 11 is 5.41. The molecule has 35 heavy (non-hydrogen) atoms. The normalized spacial score (nSPS) is 14.9. The highest BCUT2D eigenvalue weighted by molar-refractivity contribution is 7.71. The van der Waals surface area contributed by atoms with Gasteiger partial charge in [0, 0.05) is 25.2 Å². The summed E-state index contributed by atoms with van der Waals surface area (Å²) in [6, 6.07) is 13.8. The fraction of sp³-hybridized carbons (Fsp3) is 0.400. The number of hydrogen-bond donors (Lipinski definition) is 2. The maximum absolute atomic E-state index is 13.0. The van der Waals surface area contributed by atoms with Crippen molar-refractivity contribution in [3.63, 3.8) is 0 Å². The molecule has 0 radical (unpaired) electrons. The average molecular weight is 498 g/mol. The highest BCUT2D eigenvalue weighted by Gasteiger charge is 2.25. The largest absolute Gasteiger partial charge is 0.493 e. The molecule has 9 nitrogen and oxygen atoms in total. The molecule has 2 aromatic carbocycles. The molecular weight excluding hydrogens is 466 g/mol. The molecule has 1 amide bonds. The number of ether oxygens (including phenoxy) is 3. The fourth-order valence-electron chi connectivity index (χ4n) is 4.29. The van der Waals surface area contributed by atoms with Gasteiger partial charge in [-0.25, -0.2) is 0 Å². The van der Waals surface area contributed by atoms with Crippen LogP contribution in [-0.4, -0.2) is 72.6 Å². The van der Waals surface area contributed by atoms with Gasteiger partial charge in [0.15, 0.2) is 22.1 Å². The second-order valence-corrected chi connectivity index (χ2v) is 8.78. The third-order valence-corrected chi connectivity index (χ3v) is 6.42. The third-order valence-electron chi connectivity index (χ3n) is 6.11. The monoisotopic (exact) mass is 497 g/mol. The second kappa shape index (κ2) is 11.5. The van der Waals surface area contributed by atoms with Gasteiger partial charge in [-0.05, 0) is 42.9 Å². The highest BCUT2D eigenvalue weighted by atomic mass is 32.1. The third kappa shape index (κ3) is 5.90. The molecule has 1 unspecified atom stereocenters. The Labute approximate surface area is 210 Å². The molecule has 1 atom stereocenters. The lowest BCUT2D eigenvalue weighted by Crippen LogP contribution is -2.44. The number of aromatic nitrogens is 3. The number of rotatable bonds is 9. The Morgan fingerprint density at radius 1 is 1.17 bits per heavy atom. The first kappa shape index (κ1) is 24.9. The van der Waals surface area contributed by atoms with E-state index in [0.29, 0.717) is 41.9 Å². The smallest absolute Gasteiger partial charge is 0.240 e. The maximum Gasteiger partial charge on any atom is 0.240 e. The van der Waals surface area contributed by atoms with Gasteiger partial charge in [0.05, 0.1) is 33.5 Å². The minimum atomic E-state index is -0.143. The molecule has 186 valence electrons. The summed E-state index contributed by atoms with van der Waals surface area (Å²) < 4.78 is 18.6. The Balaban J connectivity index is 1.51. The lowest BCUT2D eigenvalue weighted by Gasteiger charge is -2.35. The average Bonchev–Trinajstić information content (AvgIpc) is 3.24. The summed E-state index contributed by atoms with van der Waals surface area (Å²) in [5, 5.41) is 10.3. The first-order valence-electron chi connectivity index (χ1n) is 11.5. The van der Waals surface area contributed by atoms with Crippen LogP contribution in [0, 0.1) is 11.7 Å². The van der Waals surface area contributed by atoms with Gasteiger partial charge in [0.25, 0.3) is 0 Å². The molecule has 1 fully saturated rings. The van der Waals surface area contributed by atoms with Crippen LogP contribution < -0.4 is 14.8 Å². The number of benzene rings is 2. The van der Waals surface area contributed by atoms with E-state index < -0.39 is 0 Å². The Bertz CT molecular complexity index is 1220. The maximum atomic E-state index is 13.0. The number of nitrogens with one attached hydrogen (secondary N) is 2. The van der Waals surface area contributed by atoms with E-state index in [0.717, 1.165) is 29.8 Å².